The van der Waals surface area contributed by atoms with E-state index in [4.69, 9.17) is 23.9 Å². The average Bonchev–Trinajstić information content (AvgIpc) is 3.76. The van der Waals surface area contributed by atoms with Crippen LogP contribution in [0.5, 0.6) is 11.5 Å². The molecule has 1 atom stereocenters. The van der Waals surface area contributed by atoms with Gasteiger partial charge in [-0.2, -0.15) is 0 Å². The molecule has 0 amide bonds. The van der Waals surface area contributed by atoms with E-state index in [1.54, 1.807) is 30.1 Å². The lowest BCUT2D eigenvalue weighted by atomic mass is 9.83. The van der Waals surface area contributed by atoms with E-state index in [0.29, 0.717) is 31.7 Å². The van der Waals surface area contributed by atoms with Crippen molar-refractivity contribution in [2.24, 2.45) is 4.99 Å². The second-order valence-corrected chi connectivity index (χ2v) is 13.7. The highest BCUT2D eigenvalue weighted by Crippen LogP contribution is 2.44. The van der Waals surface area contributed by atoms with Crippen molar-refractivity contribution in [1.29, 1.82) is 0 Å². The highest BCUT2D eigenvalue weighted by Gasteiger charge is 2.34. The molecule has 3 aromatic carbocycles. The van der Waals surface area contributed by atoms with E-state index in [9.17, 15) is 4.79 Å². The lowest BCUT2D eigenvalue weighted by Crippen LogP contribution is -2.39. The highest BCUT2D eigenvalue weighted by molar-refractivity contribution is 8.01. The fraction of sp³-hybridized carbons (Fsp3) is 0.147. The zero-order valence-electron chi connectivity index (χ0n) is 23.8. The second kappa shape index (κ2) is 11.0. The zero-order valence-corrected chi connectivity index (χ0v) is 26.2. The Hall–Kier alpha value is -4.38. The van der Waals surface area contributed by atoms with Crippen LogP contribution in [0.4, 0.5) is 0 Å². The van der Waals surface area contributed by atoms with Crippen molar-refractivity contribution >= 4 is 56.4 Å². The summed E-state index contributed by atoms with van der Waals surface area (Å²) in [5, 5.41) is 0.717. The molecule has 0 radical (unpaired) electrons. The summed E-state index contributed by atoms with van der Waals surface area (Å²) in [5.41, 5.74) is 6.13. The number of ether oxygens (including phenoxy) is 2. The Morgan fingerprint density at radius 1 is 0.977 bits per heavy atom. The van der Waals surface area contributed by atoms with Crippen LogP contribution >= 0.6 is 34.4 Å². The maximum Gasteiger partial charge on any atom is 0.271 e. The summed E-state index contributed by atoms with van der Waals surface area (Å²) < 4.78 is 22.0. The van der Waals surface area contributed by atoms with E-state index < -0.39 is 0 Å². The molecule has 218 valence electrons. The molecule has 0 saturated heterocycles. The van der Waals surface area contributed by atoms with Gasteiger partial charge in [-0.05, 0) is 78.2 Å². The summed E-state index contributed by atoms with van der Waals surface area (Å²) >= 11 is 4.48. The summed E-state index contributed by atoms with van der Waals surface area (Å²) in [6.07, 6.45) is 3.47. The predicted molar refractivity (Wildman–Crippen MR) is 175 cm³/mol. The molecule has 6 aromatic rings. The first kappa shape index (κ1) is 27.2. The molecule has 0 spiro atoms. The molecule has 2 aliphatic rings. The van der Waals surface area contributed by atoms with Gasteiger partial charge >= 0.3 is 0 Å². The number of thiazole rings is 2. The van der Waals surface area contributed by atoms with E-state index in [0.717, 1.165) is 49.8 Å². The fourth-order valence-corrected chi connectivity index (χ4v) is 8.88. The van der Waals surface area contributed by atoms with Crippen LogP contribution in [0.15, 0.2) is 108 Å². The van der Waals surface area contributed by atoms with Gasteiger partial charge in [-0.15, -0.1) is 11.3 Å². The highest BCUT2D eigenvalue weighted by atomic mass is 32.2. The quantitative estimate of drug-likeness (QED) is 0.203. The van der Waals surface area contributed by atoms with Crippen LogP contribution in [0.2, 0.25) is 0 Å². The van der Waals surface area contributed by atoms with Crippen molar-refractivity contribution < 1.29 is 13.9 Å². The number of aromatic nitrogens is 2. The van der Waals surface area contributed by atoms with E-state index in [1.165, 1.54) is 28.7 Å². The molecule has 4 heterocycles. The minimum absolute atomic E-state index is 0.120. The molecule has 0 N–H and O–H groups in total. The number of allylic oxidation sites excluding steroid dienone is 1. The smallest absolute Gasteiger partial charge is 0.271 e. The number of rotatable bonds is 6. The van der Waals surface area contributed by atoms with Gasteiger partial charge in [0.2, 0.25) is 0 Å². The summed E-state index contributed by atoms with van der Waals surface area (Å²) in [7, 11) is 3.30. The first-order chi connectivity index (χ1) is 21.6. The predicted octanol–water partition coefficient (Wildman–Crippen LogP) is 6.69. The SMILES string of the molecule is COc1ccc(OC)c([C@H]2C3=C(N=c4sc(=Cc5ccc(Sc6nc7ccccc7s6)o5)c(=O)n42)c2ccccc2CC3)c1. The van der Waals surface area contributed by atoms with Crippen molar-refractivity contribution in [3.8, 4) is 11.5 Å². The molecule has 7 nitrogen and oxygen atoms in total. The molecule has 0 saturated carbocycles. The number of benzene rings is 3. The maximum absolute atomic E-state index is 14.2. The van der Waals surface area contributed by atoms with Gasteiger partial charge in [0.1, 0.15) is 17.3 Å². The van der Waals surface area contributed by atoms with Crippen LogP contribution in [0.1, 0.15) is 34.9 Å². The first-order valence-electron chi connectivity index (χ1n) is 14.1. The monoisotopic (exact) mass is 635 g/mol. The first-order valence-corrected chi connectivity index (χ1v) is 16.5. The Bertz CT molecular complexity index is 2260. The normalized spacial score (nSPS) is 16.0. The van der Waals surface area contributed by atoms with Crippen LogP contribution in [0.25, 0.3) is 22.0 Å². The standard InChI is InChI=1S/C34H25N3O4S3/c1-39-20-12-15-26(40-2)24(17-20)31-23-14-11-19-7-3-4-8-22(19)30(23)36-33-37(31)32(38)28(42-33)18-21-13-16-29(41-21)44-34-35-25-9-5-6-10-27(25)43-34/h3-10,12-13,15-18,31H,11,14H2,1-2H3/t31-/m1/s1. The summed E-state index contributed by atoms with van der Waals surface area (Å²) in [6.45, 7) is 0. The second-order valence-electron chi connectivity index (χ2n) is 10.4. The zero-order chi connectivity index (χ0) is 29.8. The molecule has 0 unspecified atom stereocenters. The third-order valence-electron chi connectivity index (χ3n) is 7.94. The number of hydrogen-bond acceptors (Lipinski definition) is 9. The van der Waals surface area contributed by atoms with Crippen LogP contribution in [-0.2, 0) is 6.42 Å². The number of fused-ring (bicyclic) bond motifs is 4. The summed E-state index contributed by atoms with van der Waals surface area (Å²) in [4.78, 5) is 24.7. The third kappa shape index (κ3) is 4.61. The lowest BCUT2D eigenvalue weighted by Gasteiger charge is -2.31. The Labute approximate surface area is 264 Å². The topological polar surface area (TPSA) is 78.8 Å². The summed E-state index contributed by atoms with van der Waals surface area (Å²) in [6, 6.07) is 25.6. The van der Waals surface area contributed by atoms with Gasteiger partial charge in [-0.3, -0.25) is 9.36 Å². The Morgan fingerprint density at radius 2 is 1.84 bits per heavy atom. The van der Waals surface area contributed by atoms with Gasteiger partial charge in [0.05, 0.1) is 40.7 Å². The van der Waals surface area contributed by atoms with Gasteiger partial charge in [0.25, 0.3) is 5.56 Å². The minimum atomic E-state index is -0.386. The van der Waals surface area contributed by atoms with Gasteiger partial charge in [0, 0.05) is 17.2 Å². The van der Waals surface area contributed by atoms with Gasteiger partial charge < -0.3 is 13.9 Å². The molecule has 10 heteroatoms. The number of para-hydroxylation sites is 1. The molecule has 0 fully saturated rings. The number of methoxy groups -OCH3 is 2. The molecule has 1 aliphatic carbocycles. The Kier molecular flexibility index (Phi) is 6.77. The van der Waals surface area contributed by atoms with Crippen molar-refractivity contribution in [2.45, 2.75) is 28.3 Å². The molecule has 8 rings (SSSR count). The van der Waals surface area contributed by atoms with E-state index in [1.807, 2.05) is 60.7 Å². The number of nitrogens with zero attached hydrogens (tertiary/aromatic N) is 3. The number of aryl methyl sites for hydroxylation is 1. The maximum atomic E-state index is 14.2. The molecular weight excluding hydrogens is 611 g/mol. The van der Waals surface area contributed by atoms with Crippen LogP contribution in [0, 0.1) is 0 Å². The van der Waals surface area contributed by atoms with Crippen molar-refractivity contribution in [2.75, 3.05) is 14.2 Å². The Morgan fingerprint density at radius 3 is 2.70 bits per heavy atom. The van der Waals surface area contributed by atoms with E-state index in [-0.39, 0.29) is 11.6 Å². The van der Waals surface area contributed by atoms with E-state index >= 15 is 0 Å². The average molecular weight is 636 g/mol. The molecule has 3 aromatic heterocycles. The number of furan rings is 1. The van der Waals surface area contributed by atoms with Gasteiger partial charge in [-0.1, -0.05) is 47.7 Å². The summed E-state index contributed by atoms with van der Waals surface area (Å²) in [5.74, 6) is 2.00. The minimum Gasteiger partial charge on any atom is -0.497 e. The molecule has 0 bridgehead atoms. The van der Waals surface area contributed by atoms with Crippen molar-refractivity contribution in [3.63, 3.8) is 0 Å². The van der Waals surface area contributed by atoms with Gasteiger partial charge in [0.15, 0.2) is 14.2 Å². The van der Waals surface area contributed by atoms with Crippen molar-refractivity contribution in [3.05, 3.63) is 127 Å². The third-order valence-corrected chi connectivity index (χ3v) is 10.9. The number of hydrogen-bond donors (Lipinski definition) is 0. The van der Waals surface area contributed by atoms with Crippen LogP contribution in [0.3, 0.4) is 0 Å². The lowest BCUT2D eigenvalue weighted by molar-refractivity contribution is 0.392. The van der Waals surface area contributed by atoms with E-state index in [2.05, 4.69) is 24.3 Å². The van der Waals surface area contributed by atoms with Crippen LogP contribution < -0.4 is 24.4 Å². The van der Waals surface area contributed by atoms with Gasteiger partial charge in [-0.25, -0.2) is 9.98 Å². The molecule has 44 heavy (non-hydrogen) atoms. The largest absolute Gasteiger partial charge is 0.497 e. The van der Waals surface area contributed by atoms with Crippen LogP contribution in [-0.4, -0.2) is 23.8 Å². The Balaban J connectivity index is 1.25. The fourth-order valence-electron chi connectivity index (χ4n) is 5.93. The molecular formula is C34H25N3O4S3. The molecule has 1 aliphatic heterocycles. The van der Waals surface area contributed by atoms with Crippen molar-refractivity contribution in [1.82, 2.24) is 9.55 Å².